The van der Waals surface area contributed by atoms with E-state index in [1.54, 1.807) is 18.2 Å². The van der Waals surface area contributed by atoms with Gasteiger partial charge in [0.15, 0.2) is 0 Å². The summed E-state index contributed by atoms with van der Waals surface area (Å²) in [5.74, 6) is 0. The molecule has 0 aliphatic heterocycles. The first-order valence-electron chi connectivity index (χ1n) is 6.04. The van der Waals surface area contributed by atoms with Gasteiger partial charge in [0.25, 0.3) is 0 Å². The van der Waals surface area contributed by atoms with Gasteiger partial charge in [0.1, 0.15) is 10.1 Å². The Morgan fingerprint density at radius 2 is 1.57 bits per heavy atom. The number of hydrogen-bond acceptors (Lipinski definition) is 3. The average Bonchev–Trinajstić information content (AvgIpc) is 2.42. The van der Waals surface area contributed by atoms with Crippen molar-refractivity contribution in [2.45, 2.75) is 4.90 Å². The summed E-state index contributed by atoms with van der Waals surface area (Å²) in [6.45, 7) is 3.57. The monoisotopic (exact) mass is 306 g/mol. The van der Waals surface area contributed by atoms with Crippen LogP contribution >= 0.6 is 0 Å². The Morgan fingerprint density at radius 3 is 2.14 bits per heavy atom. The Morgan fingerprint density at radius 1 is 0.952 bits per heavy atom. The summed E-state index contributed by atoms with van der Waals surface area (Å²) in [6.07, 6.45) is 1.39. The van der Waals surface area contributed by atoms with Gasteiger partial charge in [-0.2, -0.15) is 0 Å². The van der Waals surface area contributed by atoms with Gasteiger partial charge < -0.3 is 4.55 Å². The second kappa shape index (κ2) is 5.91. The summed E-state index contributed by atoms with van der Waals surface area (Å²) >= 11 is 0. The molecule has 0 radical (unpaired) electrons. The zero-order valence-corrected chi connectivity index (χ0v) is 14.4. The first kappa shape index (κ1) is 16.2. The van der Waals surface area contributed by atoms with Crippen molar-refractivity contribution in [1.29, 1.82) is 0 Å². The molecule has 3 aromatic rings. The van der Waals surface area contributed by atoms with E-state index in [0.29, 0.717) is 10.9 Å². The molecule has 0 aliphatic rings. The van der Waals surface area contributed by atoms with E-state index in [0.717, 1.165) is 16.2 Å². The van der Waals surface area contributed by atoms with Crippen molar-refractivity contribution < 1.29 is 42.5 Å². The van der Waals surface area contributed by atoms with Crippen LogP contribution in [-0.4, -0.2) is 13.0 Å². The van der Waals surface area contributed by atoms with Crippen LogP contribution < -0.4 is 29.6 Å². The molecular formula is C16H11NaO3S. The molecule has 0 aromatic heterocycles. The third-order valence-electron chi connectivity index (χ3n) is 3.34. The topological polar surface area (TPSA) is 57.2 Å². The molecule has 0 heterocycles. The van der Waals surface area contributed by atoms with E-state index in [2.05, 4.69) is 6.58 Å². The van der Waals surface area contributed by atoms with Gasteiger partial charge >= 0.3 is 29.6 Å². The molecule has 0 spiro atoms. The van der Waals surface area contributed by atoms with Crippen LogP contribution in [0.25, 0.3) is 27.6 Å². The molecule has 0 aliphatic carbocycles. The number of rotatable bonds is 2. The van der Waals surface area contributed by atoms with Crippen molar-refractivity contribution in [3.8, 4) is 0 Å². The molecule has 0 N–H and O–H groups in total. The molecule has 3 aromatic carbocycles. The van der Waals surface area contributed by atoms with E-state index in [9.17, 15) is 13.0 Å². The summed E-state index contributed by atoms with van der Waals surface area (Å²) in [5, 5.41) is 3.06. The molecule has 100 valence electrons. The van der Waals surface area contributed by atoms with Crippen LogP contribution in [0.4, 0.5) is 0 Å². The zero-order valence-electron chi connectivity index (χ0n) is 11.5. The molecule has 3 nitrogen and oxygen atoms in total. The van der Waals surface area contributed by atoms with Crippen molar-refractivity contribution in [3.63, 3.8) is 0 Å². The maximum atomic E-state index is 11.6. The van der Waals surface area contributed by atoms with Gasteiger partial charge in [-0.3, -0.25) is 0 Å². The molecule has 5 heteroatoms. The van der Waals surface area contributed by atoms with Crippen molar-refractivity contribution >= 4 is 37.7 Å². The normalized spacial score (nSPS) is 11.3. The first-order valence-corrected chi connectivity index (χ1v) is 7.45. The van der Waals surface area contributed by atoms with Crippen LogP contribution in [0, 0.1) is 0 Å². The van der Waals surface area contributed by atoms with E-state index in [-0.39, 0.29) is 34.5 Å². The van der Waals surface area contributed by atoms with Gasteiger partial charge in [-0.25, -0.2) is 8.42 Å². The maximum Gasteiger partial charge on any atom is 1.00 e. The molecule has 0 bridgehead atoms. The van der Waals surface area contributed by atoms with Crippen LogP contribution in [0.15, 0.2) is 60.0 Å². The van der Waals surface area contributed by atoms with Gasteiger partial charge in [0.2, 0.25) is 0 Å². The summed E-state index contributed by atoms with van der Waals surface area (Å²) in [4.78, 5) is -0.198. The summed E-state index contributed by atoms with van der Waals surface area (Å²) in [6, 6.07) is 14.6. The fourth-order valence-electron chi connectivity index (χ4n) is 2.44. The quantitative estimate of drug-likeness (QED) is 0.394. The van der Waals surface area contributed by atoms with E-state index in [4.69, 9.17) is 0 Å². The fourth-order valence-corrected chi connectivity index (χ4v) is 3.33. The molecular weight excluding hydrogens is 295 g/mol. The van der Waals surface area contributed by atoms with Crippen molar-refractivity contribution in [2.75, 3.05) is 0 Å². The number of benzene rings is 3. The van der Waals surface area contributed by atoms with Crippen LogP contribution in [0.3, 0.4) is 0 Å². The molecule has 0 atom stereocenters. The molecule has 0 saturated heterocycles. The van der Waals surface area contributed by atoms with Gasteiger partial charge in [-0.15, -0.1) is 0 Å². The Bertz CT molecular complexity index is 946. The van der Waals surface area contributed by atoms with Crippen LogP contribution in [0.5, 0.6) is 0 Å². The number of hydrogen-bond donors (Lipinski definition) is 0. The predicted molar refractivity (Wildman–Crippen MR) is 79.5 cm³/mol. The first-order chi connectivity index (χ1) is 9.50. The van der Waals surface area contributed by atoms with E-state index in [1.807, 2.05) is 30.3 Å². The molecule has 3 rings (SSSR count). The Hall–Kier alpha value is -1.17. The second-order valence-electron chi connectivity index (χ2n) is 4.56. The maximum absolute atomic E-state index is 11.6. The molecule has 21 heavy (non-hydrogen) atoms. The van der Waals surface area contributed by atoms with E-state index < -0.39 is 10.1 Å². The van der Waals surface area contributed by atoms with Crippen molar-refractivity contribution in [2.24, 2.45) is 0 Å². The molecule has 0 saturated carbocycles. The minimum Gasteiger partial charge on any atom is -0.744 e. The Kier molecular flexibility index (Phi) is 4.56. The Labute approximate surface area is 145 Å². The SMILES string of the molecule is C=Cc1ccc2cc3ccccc3cc2c1S(=O)(=O)[O-].[Na+]. The van der Waals surface area contributed by atoms with Crippen LogP contribution in [0.1, 0.15) is 5.56 Å². The summed E-state index contributed by atoms with van der Waals surface area (Å²) in [5.41, 5.74) is 0.336. The summed E-state index contributed by atoms with van der Waals surface area (Å²) < 4.78 is 34.7. The third-order valence-corrected chi connectivity index (χ3v) is 4.29. The third kappa shape index (κ3) is 2.91. The van der Waals surface area contributed by atoms with Gasteiger partial charge in [0.05, 0.1) is 4.90 Å². The van der Waals surface area contributed by atoms with Gasteiger partial charge in [-0.05, 0) is 33.9 Å². The minimum atomic E-state index is -4.56. The zero-order chi connectivity index (χ0) is 14.3. The van der Waals surface area contributed by atoms with Crippen molar-refractivity contribution in [1.82, 2.24) is 0 Å². The summed E-state index contributed by atoms with van der Waals surface area (Å²) in [7, 11) is -4.56. The minimum absolute atomic E-state index is 0. The van der Waals surface area contributed by atoms with E-state index in [1.165, 1.54) is 6.08 Å². The predicted octanol–water partition coefficient (Wildman–Crippen LogP) is 0.544. The van der Waals surface area contributed by atoms with Crippen LogP contribution in [0.2, 0.25) is 0 Å². The smallest absolute Gasteiger partial charge is 0.744 e. The van der Waals surface area contributed by atoms with Crippen molar-refractivity contribution in [3.05, 3.63) is 60.7 Å². The Balaban J connectivity index is 0.00000161. The molecule has 0 unspecified atom stereocenters. The molecule has 0 fully saturated rings. The largest absolute Gasteiger partial charge is 1.00 e. The molecule has 0 amide bonds. The fraction of sp³-hybridized carbons (Fsp3) is 0. The van der Waals surface area contributed by atoms with Gasteiger partial charge in [0, 0.05) is 5.39 Å². The average molecular weight is 306 g/mol. The van der Waals surface area contributed by atoms with Gasteiger partial charge in [-0.1, -0.05) is 49.1 Å². The van der Waals surface area contributed by atoms with Crippen LogP contribution in [-0.2, 0) is 10.1 Å². The van der Waals surface area contributed by atoms with E-state index >= 15 is 0 Å². The number of fused-ring (bicyclic) bond motifs is 2. The standard InChI is InChI=1S/C16H12O3S.Na/c1-2-11-7-8-14-9-12-5-3-4-6-13(12)10-15(14)16(11)20(17,18)19;/h2-10H,1H2,(H,17,18,19);/q;+1/p-1. The second-order valence-corrected chi connectivity index (χ2v) is 5.88.